The molecule has 26 heavy (non-hydrogen) atoms. The van der Waals surface area contributed by atoms with Crippen LogP contribution in [-0.4, -0.2) is 24.2 Å². The number of rotatable bonds is 6. The van der Waals surface area contributed by atoms with Crippen LogP contribution in [0.5, 0.6) is 0 Å². The van der Waals surface area contributed by atoms with Gasteiger partial charge in [0.2, 0.25) is 0 Å². The lowest BCUT2D eigenvalue weighted by Crippen LogP contribution is -2.19. The van der Waals surface area contributed by atoms with Gasteiger partial charge in [0.15, 0.2) is 0 Å². The van der Waals surface area contributed by atoms with Crippen molar-refractivity contribution >= 4 is 24.2 Å². The van der Waals surface area contributed by atoms with E-state index in [1.54, 1.807) is 24.3 Å². The van der Waals surface area contributed by atoms with Crippen LogP contribution in [0.4, 0.5) is 0 Å². The van der Waals surface area contributed by atoms with E-state index in [0.717, 1.165) is 0 Å². The molecule has 3 rings (SSSR count). The zero-order valence-corrected chi connectivity index (χ0v) is 13.5. The molecule has 8 nitrogen and oxygen atoms in total. The van der Waals surface area contributed by atoms with Crippen molar-refractivity contribution in [3.63, 3.8) is 0 Å². The number of amides is 2. The summed E-state index contributed by atoms with van der Waals surface area (Å²) in [6, 6.07) is 12.9. The van der Waals surface area contributed by atoms with Gasteiger partial charge in [0.25, 0.3) is 11.8 Å². The third-order valence-corrected chi connectivity index (χ3v) is 3.21. The largest absolute Gasteiger partial charge is 0.463 e. The van der Waals surface area contributed by atoms with Crippen LogP contribution >= 0.6 is 0 Å². The normalized spacial score (nSPS) is 11.1. The number of hydrogen-bond donors (Lipinski definition) is 2. The van der Waals surface area contributed by atoms with E-state index in [1.807, 2.05) is 0 Å². The molecule has 1 aromatic carbocycles. The predicted molar refractivity (Wildman–Crippen MR) is 94.0 cm³/mol. The highest BCUT2D eigenvalue weighted by Crippen LogP contribution is 2.05. The summed E-state index contributed by atoms with van der Waals surface area (Å²) in [7, 11) is 0. The second-order valence-electron chi connectivity index (χ2n) is 5.01. The molecule has 0 atom stereocenters. The molecule has 0 aliphatic carbocycles. The Bertz CT molecular complexity index is 834. The molecule has 8 heteroatoms. The number of benzene rings is 1. The van der Waals surface area contributed by atoms with Crippen molar-refractivity contribution in [3.05, 3.63) is 83.7 Å². The SMILES string of the molecule is O=C(N/N=C\c1ccco1)c1ccc(C(=O)N/N=C/c2ccco2)cc1. The molecule has 0 aliphatic heterocycles. The standard InChI is InChI=1S/C18H14N4O4/c23-17(21-19-11-15-3-1-9-25-15)13-5-7-14(8-6-13)18(24)22-20-12-16-4-2-10-26-16/h1-12H,(H,21,23)(H,22,24)/b19-11-,20-12+. The van der Waals surface area contributed by atoms with Gasteiger partial charge in [-0.05, 0) is 48.5 Å². The quantitative estimate of drug-likeness (QED) is 0.525. The highest BCUT2D eigenvalue weighted by atomic mass is 16.3. The Balaban J connectivity index is 1.53. The van der Waals surface area contributed by atoms with Crippen molar-refractivity contribution in [2.24, 2.45) is 10.2 Å². The summed E-state index contributed by atoms with van der Waals surface area (Å²) in [5.74, 6) is 0.228. The fourth-order valence-electron chi connectivity index (χ4n) is 1.94. The Labute approximate surface area is 148 Å². The van der Waals surface area contributed by atoms with Crippen molar-refractivity contribution in [1.29, 1.82) is 0 Å². The van der Waals surface area contributed by atoms with Gasteiger partial charge in [-0.3, -0.25) is 9.59 Å². The van der Waals surface area contributed by atoms with E-state index in [2.05, 4.69) is 21.1 Å². The second-order valence-corrected chi connectivity index (χ2v) is 5.01. The number of carbonyl (C=O) groups excluding carboxylic acids is 2. The van der Waals surface area contributed by atoms with Crippen molar-refractivity contribution in [3.8, 4) is 0 Å². The number of hydrazone groups is 2. The maximum Gasteiger partial charge on any atom is 0.271 e. The summed E-state index contributed by atoms with van der Waals surface area (Å²) >= 11 is 0. The van der Waals surface area contributed by atoms with Crippen LogP contribution < -0.4 is 10.9 Å². The highest BCUT2D eigenvalue weighted by molar-refractivity contribution is 5.98. The molecule has 0 radical (unpaired) electrons. The maximum absolute atomic E-state index is 12.0. The van der Waals surface area contributed by atoms with Crippen LogP contribution in [-0.2, 0) is 0 Å². The molecule has 2 amide bonds. The van der Waals surface area contributed by atoms with E-state index in [1.165, 1.54) is 49.2 Å². The molecule has 2 heterocycles. The van der Waals surface area contributed by atoms with Gasteiger partial charge in [0, 0.05) is 11.1 Å². The average molecular weight is 350 g/mol. The maximum atomic E-state index is 12.0. The minimum Gasteiger partial charge on any atom is -0.463 e. The molecule has 0 saturated carbocycles. The van der Waals surface area contributed by atoms with Crippen molar-refractivity contribution in [1.82, 2.24) is 10.9 Å². The summed E-state index contributed by atoms with van der Waals surface area (Å²) in [6.07, 6.45) is 5.78. The van der Waals surface area contributed by atoms with Crippen molar-refractivity contribution in [2.75, 3.05) is 0 Å². The van der Waals surface area contributed by atoms with E-state index in [-0.39, 0.29) is 0 Å². The summed E-state index contributed by atoms with van der Waals surface area (Å²) in [4.78, 5) is 23.9. The zero-order valence-electron chi connectivity index (χ0n) is 13.5. The van der Waals surface area contributed by atoms with Crippen LogP contribution in [0.25, 0.3) is 0 Å². The smallest absolute Gasteiger partial charge is 0.271 e. The average Bonchev–Trinajstić information content (AvgIpc) is 3.36. The minimum absolute atomic E-state index is 0.359. The lowest BCUT2D eigenvalue weighted by molar-refractivity contribution is 0.0943. The van der Waals surface area contributed by atoms with Gasteiger partial charge in [0.1, 0.15) is 11.5 Å². The number of hydrogen-bond acceptors (Lipinski definition) is 6. The summed E-state index contributed by atoms with van der Waals surface area (Å²) in [5, 5.41) is 7.57. The molecule has 3 aromatic rings. The van der Waals surface area contributed by atoms with Crippen molar-refractivity contribution < 1.29 is 18.4 Å². The van der Waals surface area contributed by atoms with Gasteiger partial charge in [-0.15, -0.1) is 0 Å². The Morgan fingerprint density at radius 3 is 1.50 bits per heavy atom. The summed E-state index contributed by atoms with van der Waals surface area (Å²) in [6.45, 7) is 0. The molecule has 130 valence electrons. The first-order valence-corrected chi connectivity index (χ1v) is 7.56. The molecule has 0 aliphatic rings. The first-order valence-electron chi connectivity index (χ1n) is 7.56. The number of nitrogens with one attached hydrogen (secondary N) is 2. The third-order valence-electron chi connectivity index (χ3n) is 3.21. The van der Waals surface area contributed by atoms with Gasteiger partial charge in [-0.2, -0.15) is 10.2 Å². The minimum atomic E-state index is -0.407. The molecular formula is C18H14N4O4. The van der Waals surface area contributed by atoms with Crippen LogP contribution in [0.2, 0.25) is 0 Å². The van der Waals surface area contributed by atoms with Gasteiger partial charge < -0.3 is 8.83 Å². The topological polar surface area (TPSA) is 109 Å². The van der Waals surface area contributed by atoms with Gasteiger partial charge >= 0.3 is 0 Å². The number of furan rings is 2. The number of nitrogens with zero attached hydrogens (tertiary/aromatic N) is 2. The fraction of sp³-hybridized carbons (Fsp3) is 0. The van der Waals surface area contributed by atoms with Gasteiger partial charge in [-0.25, -0.2) is 10.9 Å². The Kier molecular flexibility index (Phi) is 5.36. The molecule has 0 saturated heterocycles. The molecule has 2 N–H and O–H groups in total. The summed E-state index contributed by atoms with van der Waals surface area (Å²) < 4.78 is 10.1. The van der Waals surface area contributed by atoms with Crippen LogP contribution in [0.15, 0.2) is 80.1 Å². The lowest BCUT2D eigenvalue weighted by Gasteiger charge is -2.02. The summed E-state index contributed by atoms with van der Waals surface area (Å²) in [5.41, 5.74) is 5.46. The Morgan fingerprint density at radius 1 is 0.731 bits per heavy atom. The lowest BCUT2D eigenvalue weighted by atomic mass is 10.1. The van der Waals surface area contributed by atoms with Gasteiger partial charge in [0.05, 0.1) is 25.0 Å². The first-order chi connectivity index (χ1) is 12.7. The van der Waals surface area contributed by atoms with Crippen LogP contribution in [0.3, 0.4) is 0 Å². The predicted octanol–water partition coefficient (Wildman–Crippen LogP) is 2.40. The molecule has 0 fully saturated rings. The molecular weight excluding hydrogens is 336 g/mol. The van der Waals surface area contributed by atoms with Crippen LogP contribution in [0.1, 0.15) is 32.2 Å². The highest BCUT2D eigenvalue weighted by Gasteiger charge is 2.08. The third kappa shape index (κ3) is 4.54. The van der Waals surface area contributed by atoms with E-state index in [0.29, 0.717) is 22.6 Å². The molecule has 0 unspecified atom stereocenters. The first kappa shape index (κ1) is 16.9. The molecule has 0 spiro atoms. The van der Waals surface area contributed by atoms with E-state index in [4.69, 9.17) is 8.83 Å². The fourth-order valence-corrected chi connectivity index (χ4v) is 1.94. The monoisotopic (exact) mass is 350 g/mol. The second kappa shape index (κ2) is 8.25. The van der Waals surface area contributed by atoms with Gasteiger partial charge in [-0.1, -0.05) is 0 Å². The van der Waals surface area contributed by atoms with Crippen LogP contribution in [0, 0.1) is 0 Å². The molecule has 0 bridgehead atoms. The molecule has 2 aromatic heterocycles. The zero-order chi connectivity index (χ0) is 18.2. The number of carbonyl (C=O) groups is 2. The Hall–Kier alpha value is -3.94. The van der Waals surface area contributed by atoms with E-state index >= 15 is 0 Å². The van der Waals surface area contributed by atoms with Crippen molar-refractivity contribution in [2.45, 2.75) is 0 Å². The Morgan fingerprint density at radius 2 is 1.15 bits per heavy atom. The van der Waals surface area contributed by atoms with E-state index in [9.17, 15) is 9.59 Å². The van der Waals surface area contributed by atoms with E-state index < -0.39 is 11.8 Å².